The van der Waals surface area contributed by atoms with Crippen LogP contribution in [0.1, 0.15) is 34.1 Å². The molecule has 8 nitrogen and oxygen atoms in total. The lowest BCUT2D eigenvalue weighted by atomic mass is 9.95. The molecule has 1 saturated heterocycles. The monoisotopic (exact) mass is 457 g/mol. The molecule has 3 heterocycles. The molecule has 4 N–H and O–H groups in total. The van der Waals surface area contributed by atoms with Crippen molar-refractivity contribution in [3.8, 4) is 0 Å². The van der Waals surface area contributed by atoms with E-state index in [1.54, 1.807) is 6.07 Å². The first kappa shape index (κ1) is 22.1. The number of aromatic nitrogens is 2. The van der Waals surface area contributed by atoms with Crippen LogP contribution >= 0.6 is 11.3 Å². The molecule has 0 bridgehead atoms. The highest BCUT2D eigenvalue weighted by atomic mass is 32.1. The molecule has 2 aromatic heterocycles. The van der Waals surface area contributed by atoms with E-state index in [9.17, 15) is 14.0 Å². The number of carbonyl (C=O) groups is 2. The molecule has 168 valence electrons. The zero-order valence-corrected chi connectivity index (χ0v) is 18.6. The lowest BCUT2D eigenvalue weighted by Crippen LogP contribution is -2.27. The lowest BCUT2D eigenvalue weighted by Gasteiger charge is -2.16. The minimum Gasteiger partial charge on any atom is -0.464 e. The molecule has 0 aliphatic carbocycles. The maximum atomic E-state index is 14.1. The van der Waals surface area contributed by atoms with Crippen LogP contribution < -0.4 is 16.4 Å². The number of nitrogens with one attached hydrogen (secondary N) is 2. The number of rotatable bonds is 7. The van der Waals surface area contributed by atoms with Gasteiger partial charge in [-0.05, 0) is 61.6 Å². The van der Waals surface area contributed by atoms with Gasteiger partial charge >= 0.3 is 5.97 Å². The Morgan fingerprint density at radius 2 is 2.19 bits per heavy atom. The molecule has 2 atom stereocenters. The summed E-state index contributed by atoms with van der Waals surface area (Å²) in [7, 11) is 0. The van der Waals surface area contributed by atoms with Crippen LogP contribution in [0.4, 0.5) is 15.9 Å². The molecule has 1 aliphatic heterocycles. The Balaban J connectivity index is 1.57. The van der Waals surface area contributed by atoms with Gasteiger partial charge < -0.3 is 21.1 Å². The number of nitrogens with two attached hydrogens (primary N) is 1. The van der Waals surface area contributed by atoms with E-state index < -0.39 is 5.91 Å². The number of primary amides is 1. The van der Waals surface area contributed by atoms with Crippen molar-refractivity contribution in [1.82, 2.24) is 15.3 Å². The van der Waals surface area contributed by atoms with Crippen LogP contribution in [0.15, 0.2) is 24.5 Å². The molecule has 1 aromatic carbocycles. The van der Waals surface area contributed by atoms with Crippen molar-refractivity contribution in [2.75, 3.05) is 18.5 Å². The van der Waals surface area contributed by atoms with Gasteiger partial charge in [0.05, 0.1) is 10.3 Å². The molecule has 1 unspecified atom stereocenters. The summed E-state index contributed by atoms with van der Waals surface area (Å²) in [5, 5.41) is 7.39. The van der Waals surface area contributed by atoms with Crippen LogP contribution in [-0.4, -0.2) is 41.0 Å². The number of esters is 1. The number of aryl methyl sites for hydroxylation is 1. The number of fused-ring (bicyclic) bond motifs is 1. The van der Waals surface area contributed by atoms with Gasteiger partial charge in [-0.2, -0.15) is 0 Å². The number of nitrogens with zero attached hydrogens (tertiary/aromatic N) is 2. The number of anilines is 2. The molecule has 0 saturated carbocycles. The third-order valence-electron chi connectivity index (χ3n) is 5.58. The normalized spacial score (nSPS) is 18.1. The molecule has 1 aliphatic rings. The van der Waals surface area contributed by atoms with E-state index in [1.165, 1.54) is 36.7 Å². The van der Waals surface area contributed by atoms with E-state index in [4.69, 9.17) is 10.5 Å². The highest BCUT2D eigenvalue weighted by Gasteiger charge is 2.26. The number of hydrogen-bond donors (Lipinski definition) is 3. The van der Waals surface area contributed by atoms with Gasteiger partial charge in [0.25, 0.3) is 5.91 Å². The van der Waals surface area contributed by atoms with Gasteiger partial charge in [0, 0.05) is 18.7 Å². The zero-order chi connectivity index (χ0) is 22.8. The molecule has 4 rings (SSSR count). The van der Waals surface area contributed by atoms with Crippen molar-refractivity contribution in [3.63, 3.8) is 0 Å². The van der Waals surface area contributed by atoms with Crippen molar-refractivity contribution >= 4 is 44.9 Å². The second-order valence-electron chi connectivity index (χ2n) is 7.96. The number of amides is 1. The zero-order valence-electron chi connectivity index (χ0n) is 17.8. The number of benzene rings is 1. The second kappa shape index (κ2) is 9.17. The minimum atomic E-state index is -0.504. The van der Waals surface area contributed by atoms with Gasteiger partial charge in [-0.1, -0.05) is 0 Å². The second-order valence-corrected chi connectivity index (χ2v) is 8.96. The summed E-state index contributed by atoms with van der Waals surface area (Å²) in [6.45, 7) is 4.29. The van der Waals surface area contributed by atoms with Crippen LogP contribution in [0, 0.1) is 18.7 Å². The average molecular weight is 458 g/mol. The number of halogens is 1. The first-order valence-corrected chi connectivity index (χ1v) is 11.1. The molecular weight excluding hydrogens is 433 g/mol. The van der Waals surface area contributed by atoms with E-state index in [0.717, 1.165) is 35.2 Å². The van der Waals surface area contributed by atoms with Crippen LogP contribution in [0.5, 0.6) is 0 Å². The maximum absolute atomic E-state index is 14.1. The van der Waals surface area contributed by atoms with E-state index in [-0.39, 0.29) is 23.7 Å². The summed E-state index contributed by atoms with van der Waals surface area (Å²) in [5.41, 5.74) is 7.77. The predicted octanol–water partition coefficient (Wildman–Crippen LogP) is 3.07. The molecule has 1 amide bonds. The Kier molecular flexibility index (Phi) is 6.33. The summed E-state index contributed by atoms with van der Waals surface area (Å²) in [5.74, 6) is -0.306. The smallest absolute Gasteiger partial charge is 0.302 e. The number of carbonyl (C=O) groups excluding carboxylic acids is 2. The minimum absolute atomic E-state index is 0.0936. The van der Waals surface area contributed by atoms with Gasteiger partial charge in [0.1, 0.15) is 29.4 Å². The van der Waals surface area contributed by atoms with Crippen LogP contribution in [-0.2, 0) is 16.0 Å². The number of thiophene rings is 1. The summed E-state index contributed by atoms with van der Waals surface area (Å²) in [6.07, 6.45) is 2.90. The lowest BCUT2D eigenvalue weighted by molar-refractivity contribution is -0.141. The highest BCUT2D eigenvalue weighted by molar-refractivity contribution is 7.20. The molecule has 0 spiro atoms. The maximum Gasteiger partial charge on any atom is 0.302 e. The fraction of sp³-hybridized carbons (Fsp3) is 0.364. The van der Waals surface area contributed by atoms with Crippen molar-refractivity contribution in [2.24, 2.45) is 11.7 Å². The molecule has 3 aromatic rings. The first-order chi connectivity index (χ1) is 15.3. The van der Waals surface area contributed by atoms with Crippen molar-refractivity contribution in [2.45, 2.75) is 32.7 Å². The third kappa shape index (κ3) is 4.71. The Labute approximate surface area is 188 Å². The number of ether oxygens (including phenoxy) is 1. The molecule has 1 fully saturated rings. The Hall–Kier alpha value is -3.11. The van der Waals surface area contributed by atoms with Gasteiger partial charge in [-0.15, -0.1) is 11.3 Å². The van der Waals surface area contributed by atoms with Crippen molar-refractivity contribution in [3.05, 3.63) is 46.3 Å². The summed E-state index contributed by atoms with van der Waals surface area (Å²) in [6, 6.07) is 4.70. The topological polar surface area (TPSA) is 119 Å². The Bertz CT molecular complexity index is 1180. The fourth-order valence-electron chi connectivity index (χ4n) is 4.10. The average Bonchev–Trinajstić information content (AvgIpc) is 3.33. The van der Waals surface area contributed by atoms with Crippen molar-refractivity contribution in [1.29, 1.82) is 0 Å². The van der Waals surface area contributed by atoms with Gasteiger partial charge in [-0.3, -0.25) is 9.59 Å². The quantitative estimate of drug-likeness (QED) is 0.467. The van der Waals surface area contributed by atoms with Crippen LogP contribution in [0.25, 0.3) is 10.2 Å². The van der Waals surface area contributed by atoms with E-state index in [1.807, 2.05) is 6.92 Å². The van der Waals surface area contributed by atoms with E-state index in [2.05, 4.69) is 20.6 Å². The first-order valence-electron chi connectivity index (χ1n) is 10.3. The fourth-order valence-corrected chi connectivity index (χ4v) is 5.10. The molecular formula is C22H24FN5O3S. The molecule has 0 radical (unpaired) electrons. The van der Waals surface area contributed by atoms with Gasteiger partial charge in [0.15, 0.2) is 0 Å². The largest absolute Gasteiger partial charge is 0.464 e. The summed E-state index contributed by atoms with van der Waals surface area (Å²) >= 11 is 1.23. The Morgan fingerprint density at radius 3 is 2.94 bits per heavy atom. The molecule has 10 heteroatoms. The van der Waals surface area contributed by atoms with Crippen molar-refractivity contribution < 1.29 is 18.7 Å². The van der Waals surface area contributed by atoms with Crippen LogP contribution in [0.2, 0.25) is 0 Å². The number of hydrogen-bond acceptors (Lipinski definition) is 8. The molecule has 32 heavy (non-hydrogen) atoms. The predicted molar refractivity (Wildman–Crippen MR) is 121 cm³/mol. The Morgan fingerprint density at radius 1 is 1.38 bits per heavy atom. The van der Waals surface area contributed by atoms with E-state index >= 15 is 0 Å². The standard InChI is InChI=1S/C22H24FN5O3S/c1-11-18-21(26-10-27-22(18)32-19(11)20(24)30)28-17-4-3-15(23)7-14(17)5-13-6-16(25-8-13)9-31-12(2)29/h3-4,7,10,13,16,25H,5-6,8-9H2,1-2H3,(H2,24,30)(H,26,27,28)/t13?,16-/m0/s1. The van der Waals surface area contributed by atoms with Crippen LogP contribution in [0.3, 0.4) is 0 Å². The van der Waals surface area contributed by atoms with Gasteiger partial charge in [0.2, 0.25) is 0 Å². The van der Waals surface area contributed by atoms with Gasteiger partial charge in [-0.25, -0.2) is 14.4 Å². The summed E-state index contributed by atoms with van der Waals surface area (Å²) < 4.78 is 19.2. The van der Waals surface area contributed by atoms with E-state index in [0.29, 0.717) is 28.6 Å². The third-order valence-corrected chi connectivity index (χ3v) is 6.79. The SMILES string of the molecule is CC(=O)OC[C@@H]1CC(Cc2cc(F)ccc2Nc2ncnc3sc(C(N)=O)c(C)c23)CN1. The summed E-state index contributed by atoms with van der Waals surface area (Å²) in [4.78, 5) is 32.5. The highest BCUT2D eigenvalue weighted by Crippen LogP contribution is 2.35.